The monoisotopic (exact) mass is 417 g/mol. The van der Waals surface area contributed by atoms with Crippen molar-refractivity contribution in [2.45, 2.75) is 29.8 Å². The van der Waals surface area contributed by atoms with E-state index in [0.29, 0.717) is 18.5 Å². The fourth-order valence-electron chi connectivity index (χ4n) is 3.64. The van der Waals surface area contributed by atoms with Gasteiger partial charge in [0.1, 0.15) is 16.4 Å². The molecule has 2 heterocycles. The van der Waals surface area contributed by atoms with Gasteiger partial charge in [-0.3, -0.25) is 4.79 Å². The molecule has 4 rings (SSSR count). The van der Waals surface area contributed by atoms with Crippen LogP contribution in [0.15, 0.2) is 64.6 Å². The van der Waals surface area contributed by atoms with Crippen molar-refractivity contribution in [3.63, 3.8) is 0 Å². The first-order valence-electron chi connectivity index (χ1n) is 9.26. The number of carbonyl (C=O) groups excluding carboxylic acids is 1. The van der Waals surface area contributed by atoms with E-state index in [1.165, 1.54) is 22.5 Å². The first kappa shape index (κ1) is 19.5. The van der Waals surface area contributed by atoms with Gasteiger partial charge in [0.15, 0.2) is 5.60 Å². The summed E-state index contributed by atoms with van der Waals surface area (Å²) in [6.07, 6.45) is 1.27. The Labute approximate surface area is 168 Å². The predicted molar refractivity (Wildman–Crippen MR) is 105 cm³/mol. The highest BCUT2D eigenvalue weighted by molar-refractivity contribution is 7.89. The normalized spacial score (nSPS) is 22.2. The number of anilines is 1. The maximum Gasteiger partial charge on any atom is 0.273 e. The van der Waals surface area contributed by atoms with Crippen LogP contribution in [-0.2, 0) is 19.7 Å². The van der Waals surface area contributed by atoms with E-state index in [1.54, 1.807) is 24.3 Å². The number of nitrogens with zero attached hydrogens (tertiary/aromatic N) is 2. The van der Waals surface area contributed by atoms with Crippen molar-refractivity contribution in [1.82, 2.24) is 4.31 Å². The molecule has 1 amide bonds. The van der Waals surface area contributed by atoms with Gasteiger partial charge >= 0.3 is 0 Å². The topological polar surface area (TPSA) is 88.1 Å². The lowest BCUT2D eigenvalue weighted by Gasteiger charge is -2.37. The minimum Gasteiger partial charge on any atom is -0.387 e. The summed E-state index contributed by atoms with van der Waals surface area (Å²) in [6.45, 7) is 0.266. The van der Waals surface area contributed by atoms with Crippen LogP contribution in [0.25, 0.3) is 0 Å². The largest absolute Gasteiger partial charge is 0.387 e. The highest BCUT2D eigenvalue weighted by atomic mass is 32.2. The molecule has 2 aliphatic heterocycles. The van der Waals surface area contributed by atoms with Crippen molar-refractivity contribution in [2.24, 2.45) is 5.16 Å². The molecule has 1 spiro atoms. The lowest BCUT2D eigenvalue weighted by molar-refractivity contribution is -0.110. The van der Waals surface area contributed by atoms with Crippen LogP contribution in [-0.4, -0.2) is 43.0 Å². The van der Waals surface area contributed by atoms with Crippen LogP contribution >= 0.6 is 0 Å². The zero-order valence-electron chi connectivity index (χ0n) is 15.5. The van der Waals surface area contributed by atoms with Crippen LogP contribution in [0.1, 0.15) is 19.3 Å². The number of hydrogen-bond acceptors (Lipinski definition) is 5. The molecule has 0 aliphatic carbocycles. The van der Waals surface area contributed by atoms with Gasteiger partial charge in [0.05, 0.1) is 6.54 Å². The van der Waals surface area contributed by atoms with E-state index >= 15 is 0 Å². The SMILES string of the molecule is O=C(Nc1ccccc1)C1=NO[C@]2(CCCN(S(=O)(=O)c3ccccc3F)C2)C1. The fraction of sp³-hybridized carbons (Fsp3) is 0.300. The third-order valence-electron chi connectivity index (χ3n) is 5.09. The Hall–Kier alpha value is -2.78. The number of piperidine rings is 1. The lowest BCUT2D eigenvalue weighted by Crippen LogP contribution is -2.50. The summed E-state index contributed by atoms with van der Waals surface area (Å²) in [6, 6.07) is 14.3. The quantitative estimate of drug-likeness (QED) is 0.829. The molecule has 2 aliphatic rings. The molecular weight excluding hydrogens is 397 g/mol. The predicted octanol–water partition coefficient (Wildman–Crippen LogP) is 2.76. The van der Waals surface area contributed by atoms with Crippen LogP contribution in [0.2, 0.25) is 0 Å². The third kappa shape index (κ3) is 3.88. The zero-order chi connectivity index (χ0) is 20.5. The first-order chi connectivity index (χ1) is 13.9. The molecule has 152 valence electrons. The smallest absolute Gasteiger partial charge is 0.273 e. The molecule has 1 atom stereocenters. The minimum absolute atomic E-state index is 0.00921. The highest BCUT2D eigenvalue weighted by Crippen LogP contribution is 2.36. The average Bonchev–Trinajstić information content (AvgIpc) is 3.12. The van der Waals surface area contributed by atoms with Gasteiger partial charge < -0.3 is 10.2 Å². The summed E-state index contributed by atoms with van der Waals surface area (Å²) < 4.78 is 41.1. The Kier molecular flexibility index (Phi) is 5.10. The molecule has 9 heteroatoms. The number of hydrogen-bond donors (Lipinski definition) is 1. The van der Waals surface area contributed by atoms with Gasteiger partial charge in [0.25, 0.3) is 5.91 Å². The summed E-state index contributed by atoms with van der Waals surface area (Å²) in [5.41, 5.74) is -0.0764. The van der Waals surface area contributed by atoms with Crippen LogP contribution in [0.3, 0.4) is 0 Å². The molecule has 2 aromatic carbocycles. The second-order valence-corrected chi connectivity index (χ2v) is 9.09. The highest BCUT2D eigenvalue weighted by Gasteiger charge is 2.47. The molecule has 0 bridgehead atoms. The van der Waals surface area contributed by atoms with Gasteiger partial charge in [-0.2, -0.15) is 4.31 Å². The summed E-state index contributed by atoms with van der Waals surface area (Å²) in [4.78, 5) is 17.7. The second-order valence-electron chi connectivity index (χ2n) is 7.18. The van der Waals surface area contributed by atoms with Gasteiger partial charge in [-0.05, 0) is 37.1 Å². The number of para-hydroxylation sites is 1. The van der Waals surface area contributed by atoms with Crippen molar-refractivity contribution < 1.29 is 22.4 Å². The number of halogens is 1. The van der Waals surface area contributed by atoms with E-state index in [1.807, 2.05) is 6.07 Å². The van der Waals surface area contributed by atoms with Crippen LogP contribution in [0.5, 0.6) is 0 Å². The van der Waals surface area contributed by atoms with E-state index in [4.69, 9.17) is 4.84 Å². The van der Waals surface area contributed by atoms with Crippen molar-refractivity contribution in [3.8, 4) is 0 Å². The Morgan fingerprint density at radius 3 is 2.62 bits per heavy atom. The summed E-state index contributed by atoms with van der Waals surface area (Å²) in [5.74, 6) is -1.18. The number of oxime groups is 1. The van der Waals surface area contributed by atoms with Crippen molar-refractivity contribution >= 4 is 27.3 Å². The number of amides is 1. The number of nitrogens with one attached hydrogen (secondary N) is 1. The standard InChI is InChI=1S/C20H20FN3O4S/c21-16-9-4-5-10-18(16)29(26,27)24-12-6-11-20(14-24)13-17(23-28-20)19(25)22-15-7-2-1-3-8-15/h1-5,7-10H,6,11-14H2,(H,22,25)/t20-/m1/s1. The molecule has 1 N–H and O–H groups in total. The zero-order valence-corrected chi connectivity index (χ0v) is 16.4. The van der Waals surface area contributed by atoms with Gasteiger partial charge in [-0.25, -0.2) is 12.8 Å². The molecule has 7 nitrogen and oxygen atoms in total. The molecule has 29 heavy (non-hydrogen) atoms. The number of benzene rings is 2. The molecular formula is C20H20FN3O4S. The molecule has 1 saturated heterocycles. The van der Waals surface area contributed by atoms with E-state index in [2.05, 4.69) is 10.5 Å². The second kappa shape index (κ2) is 7.57. The minimum atomic E-state index is -4.02. The summed E-state index contributed by atoms with van der Waals surface area (Å²) >= 11 is 0. The Morgan fingerprint density at radius 1 is 1.14 bits per heavy atom. The van der Waals surface area contributed by atoms with Crippen LogP contribution in [0, 0.1) is 5.82 Å². The van der Waals surface area contributed by atoms with E-state index < -0.39 is 21.4 Å². The first-order valence-corrected chi connectivity index (χ1v) is 10.7. The Balaban J connectivity index is 1.48. The van der Waals surface area contributed by atoms with Gasteiger partial charge in [-0.1, -0.05) is 35.5 Å². The number of carbonyl (C=O) groups is 1. The summed E-state index contributed by atoms with van der Waals surface area (Å²) in [7, 11) is -4.02. The molecule has 0 unspecified atom stereocenters. The van der Waals surface area contributed by atoms with Crippen LogP contribution < -0.4 is 5.32 Å². The molecule has 0 saturated carbocycles. The fourth-order valence-corrected chi connectivity index (χ4v) is 5.26. The van der Waals surface area contributed by atoms with Gasteiger partial charge in [0, 0.05) is 18.7 Å². The van der Waals surface area contributed by atoms with E-state index in [0.717, 1.165) is 6.07 Å². The number of rotatable bonds is 4. The molecule has 0 radical (unpaired) electrons. The van der Waals surface area contributed by atoms with Crippen molar-refractivity contribution in [3.05, 3.63) is 60.4 Å². The van der Waals surface area contributed by atoms with E-state index in [9.17, 15) is 17.6 Å². The summed E-state index contributed by atoms with van der Waals surface area (Å²) in [5, 5.41) is 6.67. The van der Waals surface area contributed by atoms with Crippen molar-refractivity contribution in [2.75, 3.05) is 18.4 Å². The average molecular weight is 417 g/mol. The lowest BCUT2D eigenvalue weighted by atomic mass is 9.89. The molecule has 2 aromatic rings. The Bertz CT molecular complexity index is 1060. The third-order valence-corrected chi connectivity index (χ3v) is 6.97. The van der Waals surface area contributed by atoms with Crippen molar-refractivity contribution in [1.29, 1.82) is 0 Å². The molecule has 1 fully saturated rings. The van der Waals surface area contributed by atoms with E-state index in [-0.39, 0.29) is 36.0 Å². The Morgan fingerprint density at radius 2 is 1.86 bits per heavy atom. The molecule has 0 aromatic heterocycles. The van der Waals surface area contributed by atoms with Gasteiger partial charge in [-0.15, -0.1) is 0 Å². The maximum absolute atomic E-state index is 14.1. The maximum atomic E-state index is 14.1. The van der Waals surface area contributed by atoms with Gasteiger partial charge in [0.2, 0.25) is 10.0 Å². The number of sulfonamides is 1. The van der Waals surface area contributed by atoms with Crippen LogP contribution in [0.4, 0.5) is 10.1 Å².